The fourth-order valence-corrected chi connectivity index (χ4v) is 2.57. The predicted molar refractivity (Wildman–Crippen MR) is 84.0 cm³/mol. The third-order valence-electron chi connectivity index (χ3n) is 3.68. The van der Waals surface area contributed by atoms with Gasteiger partial charge in [-0.3, -0.25) is 0 Å². The molecule has 0 spiro atoms. The minimum atomic E-state index is -0.235. The van der Waals surface area contributed by atoms with Crippen molar-refractivity contribution in [2.75, 3.05) is 6.61 Å². The highest BCUT2D eigenvalue weighted by Crippen LogP contribution is 2.25. The molecule has 0 saturated carbocycles. The fourth-order valence-electron chi connectivity index (χ4n) is 2.57. The second kappa shape index (κ2) is 6.54. The van der Waals surface area contributed by atoms with E-state index in [4.69, 9.17) is 5.11 Å². The monoisotopic (exact) mass is 296 g/mol. The lowest BCUT2D eigenvalue weighted by molar-refractivity contribution is 0.296. The summed E-state index contributed by atoms with van der Waals surface area (Å²) in [7, 11) is 0. The summed E-state index contributed by atoms with van der Waals surface area (Å²) in [5.74, 6) is -0.235. The van der Waals surface area contributed by atoms with Crippen LogP contribution in [-0.4, -0.2) is 21.3 Å². The van der Waals surface area contributed by atoms with Gasteiger partial charge in [0.2, 0.25) is 0 Å². The van der Waals surface area contributed by atoms with Gasteiger partial charge in [0, 0.05) is 31.5 Å². The number of benzene rings is 2. The normalized spacial score (nSPS) is 10.8. The topological polar surface area (TPSA) is 38.1 Å². The van der Waals surface area contributed by atoms with Crippen molar-refractivity contribution in [3.8, 4) is 11.1 Å². The van der Waals surface area contributed by atoms with E-state index in [1.807, 2.05) is 22.8 Å². The lowest BCUT2D eigenvalue weighted by Gasteiger charge is -2.12. The van der Waals surface area contributed by atoms with E-state index in [1.165, 1.54) is 12.1 Å². The number of imidazole rings is 1. The smallest absolute Gasteiger partial charge is 0.123 e. The van der Waals surface area contributed by atoms with Crippen molar-refractivity contribution in [1.82, 2.24) is 9.55 Å². The average Bonchev–Trinajstić information content (AvgIpc) is 2.96. The van der Waals surface area contributed by atoms with Crippen molar-refractivity contribution in [3.63, 3.8) is 0 Å². The summed E-state index contributed by atoms with van der Waals surface area (Å²) in [5, 5.41) is 9.11. The van der Waals surface area contributed by atoms with Crippen LogP contribution in [0.5, 0.6) is 0 Å². The molecule has 112 valence electrons. The number of hydrogen-bond acceptors (Lipinski definition) is 2. The van der Waals surface area contributed by atoms with E-state index in [-0.39, 0.29) is 12.4 Å². The van der Waals surface area contributed by atoms with E-state index in [1.54, 1.807) is 24.7 Å². The van der Waals surface area contributed by atoms with Gasteiger partial charge >= 0.3 is 0 Å². The van der Waals surface area contributed by atoms with Gasteiger partial charge in [0.25, 0.3) is 0 Å². The van der Waals surface area contributed by atoms with Crippen LogP contribution in [0.25, 0.3) is 11.1 Å². The van der Waals surface area contributed by atoms with E-state index in [0.717, 1.165) is 22.4 Å². The van der Waals surface area contributed by atoms with Crippen LogP contribution in [0.4, 0.5) is 4.39 Å². The summed E-state index contributed by atoms with van der Waals surface area (Å²) in [5.41, 5.74) is 4.19. The third-order valence-corrected chi connectivity index (χ3v) is 3.68. The van der Waals surface area contributed by atoms with Crippen molar-refractivity contribution in [1.29, 1.82) is 0 Å². The second-order valence-corrected chi connectivity index (χ2v) is 5.15. The Morgan fingerprint density at radius 1 is 1.05 bits per heavy atom. The molecular weight excluding hydrogens is 279 g/mol. The molecular formula is C18H17FN2O. The van der Waals surface area contributed by atoms with Crippen molar-refractivity contribution in [2.24, 2.45) is 0 Å². The number of rotatable bonds is 5. The second-order valence-electron chi connectivity index (χ2n) is 5.15. The Hall–Kier alpha value is -2.46. The zero-order chi connectivity index (χ0) is 15.4. The standard InChI is InChI=1S/C18H17FN2O/c19-16-7-5-14(6-8-16)18-4-2-1-3-15(18)12-21-13-20-11-17(21)9-10-22/h1-8,11,13,22H,9-10,12H2. The fraction of sp³-hybridized carbons (Fsp3) is 0.167. The molecule has 1 N–H and O–H groups in total. The number of aliphatic hydroxyl groups excluding tert-OH is 1. The summed E-state index contributed by atoms with van der Waals surface area (Å²) in [6, 6.07) is 14.6. The van der Waals surface area contributed by atoms with Gasteiger partial charge in [0.1, 0.15) is 5.82 Å². The SMILES string of the molecule is OCCc1cncn1Cc1ccccc1-c1ccc(F)cc1. The number of nitrogens with zero attached hydrogens (tertiary/aromatic N) is 2. The third kappa shape index (κ3) is 3.07. The molecule has 0 atom stereocenters. The Morgan fingerprint density at radius 2 is 1.82 bits per heavy atom. The molecule has 0 saturated heterocycles. The molecule has 1 heterocycles. The average molecular weight is 296 g/mol. The molecule has 0 aliphatic carbocycles. The Balaban J connectivity index is 1.94. The van der Waals surface area contributed by atoms with Crippen LogP contribution in [0.15, 0.2) is 61.1 Å². The Morgan fingerprint density at radius 3 is 2.59 bits per heavy atom. The first-order valence-electron chi connectivity index (χ1n) is 7.21. The van der Waals surface area contributed by atoms with Gasteiger partial charge in [-0.05, 0) is 28.8 Å². The quantitative estimate of drug-likeness (QED) is 0.784. The van der Waals surface area contributed by atoms with Gasteiger partial charge in [-0.25, -0.2) is 9.37 Å². The molecule has 1 aromatic heterocycles. The summed E-state index contributed by atoms with van der Waals surface area (Å²) in [4.78, 5) is 4.15. The van der Waals surface area contributed by atoms with Gasteiger partial charge in [-0.1, -0.05) is 36.4 Å². The molecule has 0 bridgehead atoms. The van der Waals surface area contributed by atoms with Crippen molar-refractivity contribution in [3.05, 3.63) is 78.1 Å². The maximum Gasteiger partial charge on any atom is 0.123 e. The van der Waals surface area contributed by atoms with Crippen molar-refractivity contribution in [2.45, 2.75) is 13.0 Å². The molecule has 0 aliphatic rings. The minimum absolute atomic E-state index is 0.102. The molecule has 4 heteroatoms. The van der Waals surface area contributed by atoms with Crippen LogP contribution in [0, 0.1) is 5.82 Å². The summed E-state index contributed by atoms with van der Waals surface area (Å²) in [6.07, 6.45) is 4.13. The molecule has 2 aromatic carbocycles. The Bertz CT molecular complexity index is 750. The zero-order valence-corrected chi connectivity index (χ0v) is 12.1. The number of aliphatic hydroxyl groups is 1. The van der Waals surface area contributed by atoms with Crippen LogP contribution in [-0.2, 0) is 13.0 Å². The first-order chi connectivity index (χ1) is 10.8. The van der Waals surface area contributed by atoms with E-state index in [2.05, 4.69) is 11.1 Å². The molecule has 0 unspecified atom stereocenters. The van der Waals surface area contributed by atoms with Gasteiger partial charge < -0.3 is 9.67 Å². The molecule has 3 aromatic rings. The summed E-state index contributed by atoms with van der Waals surface area (Å²) >= 11 is 0. The van der Waals surface area contributed by atoms with Crippen LogP contribution in [0.2, 0.25) is 0 Å². The predicted octanol–water partition coefficient (Wildman–Crippen LogP) is 3.27. The summed E-state index contributed by atoms with van der Waals surface area (Å²) < 4.78 is 15.1. The molecule has 3 nitrogen and oxygen atoms in total. The van der Waals surface area contributed by atoms with Crippen LogP contribution >= 0.6 is 0 Å². The number of halogens is 1. The molecule has 0 amide bonds. The highest BCUT2D eigenvalue weighted by molar-refractivity contribution is 5.67. The van der Waals surface area contributed by atoms with Crippen molar-refractivity contribution >= 4 is 0 Å². The Kier molecular flexibility index (Phi) is 4.30. The van der Waals surface area contributed by atoms with Gasteiger partial charge in [-0.15, -0.1) is 0 Å². The van der Waals surface area contributed by atoms with Gasteiger partial charge in [0.15, 0.2) is 0 Å². The van der Waals surface area contributed by atoms with E-state index in [0.29, 0.717) is 13.0 Å². The van der Waals surface area contributed by atoms with Crippen LogP contribution in [0.1, 0.15) is 11.3 Å². The largest absolute Gasteiger partial charge is 0.396 e. The van der Waals surface area contributed by atoms with E-state index >= 15 is 0 Å². The van der Waals surface area contributed by atoms with Gasteiger partial charge in [0.05, 0.1) is 6.33 Å². The van der Waals surface area contributed by atoms with E-state index in [9.17, 15) is 4.39 Å². The first-order valence-corrected chi connectivity index (χ1v) is 7.21. The van der Waals surface area contributed by atoms with E-state index < -0.39 is 0 Å². The minimum Gasteiger partial charge on any atom is -0.396 e. The highest BCUT2D eigenvalue weighted by Gasteiger charge is 2.08. The molecule has 0 aliphatic heterocycles. The van der Waals surface area contributed by atoms with Crippen molar-refractivity contribution < 1.29 is 9.50 Å². The maximum absolute atomic E-state index is 13.1. The van der Waals surface area contributed by atoms with Gasteiger partial charge in [-0.2, -0.15) is 0 Å². The first kappa shape index (κ1) is 14.5. The lowest BCUT2D eigenvalue weighted by Crippen LogP contribution is -2.06. The molecule has 22 heavy (non-hydrogen) atoms. The Labute approximate surface area is 128 Å². The summed E-state index contributed by atoms with van der Waals surface area (Å²) in [6.45, 7) is 0.772. The molecule has 3 rings (SSSR count). The zero-order valence-electron chi connectivity index (χ0n) is 12.1. The number of aromatic nitrogens is 2. The maximum atomic E-state index is 13.1. The highest BCUT2D eigenvalue weighted by atomic mass is 19.1. The van der Waals surface area contributed by atoms with Crippen LogP contribution < -0.4 is 0 Å². The van der Waals surface area contributed by atoms with Crippen LogP contribution in [0.3, 0.4) is 0 Å². The lowest BCUT2D eigenvalue weighted by atomic mass is 9.99. The molecule has 0 fully saturated rings. The number of hydrogen-bond donors (Lipinski definition) is 1. The molecule has 0 radical (unpaired) electrons.